The molecule has 1 unspecified atom stereocenters. The molecule has 168 valence electrons. The van der Waals surface area contributed by atoms with Gasteiger partial charge in [-0.1, -0.05) is 42.5 Å². The van der Waals surface area contributed by atoms with E-state index in [1.54, 1.807) is 0 Å². The van der Waals surface area contributed by atoms with Crippen LogP contribution in [0.25, 0.3) is 0 Å². The summed E-state index contributed by atoms with van der Waals surface area (Å²) in [6.45, 7) is 11.5. The lowest BCUT2D eigenvalue weighted by atomic mass is 9.98. The van der Waals surface area contributed by atoms with Gasteiger partial charge in [0.15, 0.2) is 0 Å². The maximum Gasteiger partial charge on any atom is 0.0446 e. The monoisotopic (exact) mass is 421 g/mol. The molecule has 0 amide bonds. The molecule has 4 nitrogen and oxygen atoms in total. The lowest BCUT2D eigenvalue weighted by Crippen LogP contribution is -2.58. The van der Waals surface area contributed by atoms with Gasteiger partial charge < -0.3 is 10.0 Å². The third kappa shape index (κ3) is 5.49. The summed E-state index contributed by atoms with van der Waals surface area (Å²) in [4.78, 5) is 7.92. The van der Waals surface area contributed by atoms with E-state index in [4.69, 9.17) is 0 Å². The van der Waals surface area contributed by atoms with Crippen LogP contribution < -0.4 is 4.90 Å². The largest absolute Gasteiger partial charge is 0.396 e. The van der Waals surface area contributed by atoms with Crippen molar-refractivity contribution >= 4 is 5.69 Å². The Bertz CT molecular complexity index is 816. The molecule has 2 saturated heterocycles. The highest BCUT2D eigenvalue weighted by Gasteiger charge is 2.32. The van der Waals surface area contributed by atoms with Crippen molar-refractivity contribution in [3.05, 3.63) is 65.2 Å². The molecule has 2 heterocycles. The Hall–Kier alpha value is -1.88. The minimum absolute atomic E-state index is 0.283. The Kier molecular flexibility index (Phi) is 7.65. The topological polar surface area (TPSA) is 30.0 Å². The van der Waals surface area contributed by atoms with Gasteiger partial charge in [0, 0.05) is 63.6 Å². The molecule has 31 heavy (non-hydrogen) atoms. The standard InChI is InChI=1S/C27H39N3O/c1-22-7-6-10-27(23(22)2)29-16-12-25(13-17-29)30-19-18-28(26(21-30)14-20-31)15-11-24-8-4-3-5-9-24/h3-10,25-26,31H,11-21H2,1-2H3. The average molecular weight is 422 g/mol. The number of hydrogen-bond donors (Lipinski definition) is 1. The molecule has 2 aliphatic heterocycles. The zero-order valence-electron chi connectivity index (χ0n) is 19.3. The highest BCUT2D eigenvalue weighted by atomic mass is 16.3. The predicted octanol–water partition coefficient (Wildman–Crippen LogP) is 3.88. The third-order valence-electron chi connectivity index (χ3n) is 7.53. The number of piperazine rings is 1. The molecule has 1 atom stereocenters. The van der Waals surface area contributed by atoms with Gasteiger partial charge in [-0.25, -0.2) is 0 Å². The van der Waals surface area contributed by atoms with E-state index in [0.29, 0.717) is 12.1 Å². The summed E-state index contributed by atoms with van der Waals surface area (Å²) < 4.78 is 0. The fraction of sp³-hybridized carbons (Fsp3) is 0.556. The minimum Gasteiger partial charge on any atom is -0.396 e. The van der Waals surface area contributed by atoms with Gasteiger partial charge in [0.1, 0.15) is 0 Å². The molecule has 0 radical (unpaired) electrons. The van der Waals surface area contributed by atoms with Crippen molar-refractivity contribution < 1.29 is 5.11 Å². The van der Waals surface area contributed by atoms with Crippen molar-refractivity contribution in [1.82, 2.24) is 9.80 Å². The molecule has 2 aliphatic rings. The van der Waals surface area contributed by atoms with Crippen LogP contribution in [0.2, 0.25) is 0 Å². The van der Waals surface area contributed by atoms with Gasteiger partial charge in [-0.05, 0) is 62.3 Å². The van der Waals surface area contributed by atoms with Crippen molar-refractivity contribution in [2.75, 3.05) is 50.8 Å². The maximum atomic E-state index is 9.68. The van der Waals surface area contributed by atoms with Crippen LogP contribution in [0.5, 0.6) is 0 Å². The van der Waals surface area contributed by atoms with Crippen molar-refractivity contribution in [2.45, 2.75) is 51.6 Å². The number of piperidine rings is 1. The van der Waals surface area contributed by atoms with E-state index >= 15 is 0 Å². The number of anilines is 1. The molecule has 4 heteroatoms. The van der Waals surface area contributed by atoms with Crippen molar-refractivity contribution in [3.63, 3.8) is 0 Å². The lowest BCUT2D eigenvalue weighted by molar-refractivity contribution is 0.0305. The van der Waals surface area contributed by atoms with Crippen LogP contribution in [0.4, 0.5) is 5.69 Å². The van der Waals surface area contributed by atoms with Crippen LogP contribution in [-0.2, 0) is 6.42 Å². The number of aryl methyl sites for hydroxylation is 1. The van der Waals surface area contributed by atoms with Gasteiger partial charge in [0.25, 0.3) is 0 Å². The number of aliphatic hydroxyl groups is 1. The Morgan fingerprint density at radius 2 is 1.68 bits per heavy atom. The molecule has 2 fully saturated rings. The molecule has 2 aromatic rings. The summed E-state index contributed by atoms with van der Waals surface area (Å²) in [5.41, 5.74) is 5.64. The maximum absolute atomic E-state index is 9.68. The second-order valence-corrected chi connectivity index (χ2v) is 9.37. The predicted molar refractivity (Wildman–Crippen MR) is 130 cm³/mol. The van der Waals surface area contributed by atoms with Crippen LogP contribution >= 0.6 is 0 Å². The Labute approximate surface area is 188 Å². The number of benzene rings is 2. The lowest BCUT2D eigenvalue weighted by Gasteiger charge is -2.47. The first-order valence-electron chi connectivity index (χ1n) is 12.1. The summed E-state index contributed by atoms with van der Waals surface area (Å²) in [7, 11) is 0. The Morgan fingerprint density at radius 3 is 2.42 bits per heavy atom. The molecule has 0 bridgehead atoms. The van der Waals surface area contributed by atoms with Crippen molar-refractivity contribution in [2.24, 2.45) is 0 Å². The van der Waals surface area contributed by atoms with Crippen LogP contribution in [0.3, 0.4) is 0 Å². The third-order valence-corrected chi connectivity index (χ3v) is 7.53. The SMILES string of the molecule is Cc1cccc(N2CCC(N3CCN(CCc4ccccc4)C(CCO)C3)CC2)c1C. The van der Waals surface area contributed by atoms with Gasteiger partial charge in [-0.3, -0.25) is 9.80 Å². The number of nitrogens with zero attached hydrogens (tertiary/aromatic N) is 3. The van der Waals surface area contributed by atoms with Crippen LogP contribution in [0.1, 0.15) is 36.0 Å². The van der Waals surface area contributed by atoms with Crippen LogP contribution in [0.15, 0.2) is 48.5 Å². The first kappa shape index (κ1) is 22.3. The number of aliphatic hydroxyl groups excluding tert-OH is 1. The van der Waals surface area contributed by atoms with E-state index in [9.17, 15) is 5.11 Å². The van der Waals surface area contributed by atoms with Crippen LogP contribution in [0, 0.1) is 13.8 Å². The molecule has 4 rings (SSSR count). The zero-order valence-corrected chi connectivity index (χ0v) is 19.3. The number of hydrogen-bond acceptors (Lipinski definition) is 4. The van der Waals surface area contributed by atoms with Gasteiger partial charge in [-0.15, -0.1) is 0 Å². The average Bonchev–Trinajstić information content (AvgIpc) is 2.81. The van der Waals surface area contributed by atoms with Crippen molar-refractivity contribution in [1.29, 1.82) is 0 Å². The zero-order chi connectivity index (χ0) is 21.6. The molecule has 0 spiro atoms. The van der Waals surface area contributed by atoms with E-state index in [-0.39, 0.29) is 6.61 Å². The molecule has 1 N–H and O–H groups in total. The van der Waals surface area contributed by atoms with E-state index in [2.05, 4.69) is 77.1 Å². The first-order chi connectivity index (χ1) is 15.2. The Morgan fingerprint density at radius 1 is 0.903 bits per heavy atom. The van der Waals surface area contributed by atoms with Crippen LogP contribution in [-0.4, -0.2) is 72.9 Å². The minimum atomic E-state index is 0.283. The summed E-state index contributed by atoms with van der Waals surface area (Å²) in [5.74, 6) is 0. The highest BCUT2D eigenvalue weighted by molar-refractivity contribution is 5.56. The summed E-state index contributed by atoms with van der Waals surface area (Å²) >= 11 is 0. The second kappa shape index (κ2) is 10.6. The number of rotatable bonds is 7. The Balaban J connectivity index is 1.31. The molecule has 0 aromatic heterocycles. The quantitative estimate of drug-likeness (QED) is 0.735. The van der Waals surface area contributed by atoms with E-state index in [0.717, 1.165) is 52.1 Å². The normalized spacial score (nSPS) is 21.5. The van der Waals surface area contributed by atoms with Gasteiger partial charge >= 0.3 is 0 Å². The van der Waals surface area contributed by atoms with E-state index < -0.39 is 0 Å². The van der Waals surface area contributed by atoms with Gasteiger partial charge in [0.2, 0.25) is 0 Å². The molecule has 0 aliphatic carbocycles. The van der Waals surface area contributed by atoms with Crippen molar-refractivity contribution in [3.8, 4) is 0 Å². The first-order valence-corrected chi connectivity index (χ1v) is 12.1. The van der Waals surface area contributed by atoms with E-state index in [1.165, 1.54) is 35.2 Å². The molecule has 0 saturated carbocycles. The smallest absolute Gasteiger partial charge is 0.0446 e. The summed E-state index contributed by atoms with van der Waals surface area (Å²) in [6, 6.07) is 18.6. The fourth-order valence-corrected chi connectivity index (χ4v) is 5.43. The summed E-state index contributed by atoms with van der Waals surface area (Å²) in [5, 5.41) is 9.68. The molecular weight excluding hydrogens is 382 g/mol. The second-order valence-electron chi connectivity index (χ2n) is 9.37. The highest BCUT2D eigenvalue weighted by Crippen LogP contribution is 2.28. The van der Waals surface area contributed by atoms with Gasteiger partial charge in [-0.2, -0.15) is 0 Å². The molecule has 2 aromatic carbocycles. The molecular formula is C27H39N3O. The summed E-state index contributed by atoms with van der Waals surface area (Å²) in [6.07, 6.45) is 4.45. The fourth-order valence-electron chi connectivity index (χ4n) is 5.43. The van der Waals surface area contributed by atoms with E-state index in [1.807, 2.05) is 0 Å². The van der Waals surface area contributed by atoms with Gasteiger partial charge in [0.05, 0.1) is 0 Å².